The fourth-order valence-electron chi connectivity index (χ4n) is 2.75. The van der Waals surface area contributed by atoms with Crippen molar-refractivity contribution in [1.82, 2.24) is 29.9 Å². The van der Waals surface area contributed by atoms with Crippen LogP contribution in [0.25, 0.3) is 11.2 Å². The molecule has 154 valence electrons. The molecule has 0 bridgehead atoms. The van der Waals surface area contributed by atoms with Gasteiger partial charge in [0.15, 0.2) is 11.4 Å². The van der Waals surface area contributed by atoms with Crippen LogP contribution in [0.2, 0.25) is 0 Å². The van der Waals surface area contributed by atoms with Crippen LogP contribution in [-0.4, -0.2) is 48.3 Å². The maximum absolute atomic E-state index is 12.5. The van der Waals surface area contributed by atoms with Gasteiger partial charge in [-0.05, 0) is 19.8 Å². The van der Waals surface area contributed by atoms with Crippen LogP contribution in [0.15, 0.2) is 20.9 Å². The van der Waals surface area contributed by atoms with Gasteiger partial charge in [0.2, 0.25) is 0 Å². The van der Waals surface area contributed by atoms with E-state index < -0.39 is 11.4 Å². The first-order chi connectivity index (χ1) is 14.0. The number of rotatable bonds is 10. The molecule has 0 fully saturated rings. The van der Waals surface area contributed by atoms with Gasteiger partial charge in [0.1, 0.15) is 16.2 Å². The Kier molecular flexibility index (Phi) is 6.65. The van der Waals surface area contributed by atoms with E-state index in [0.717, 1.165) is 0 Å². The van der Waals surface area contributed by atoms with Crippen molar-refractivity contribution in [3.63, 3.8) is 0 Å². The molecule has 0 aliphatic heterocycles. The number of aromatic amines is 4. The quantitative estimate of drug-likeness (QED) is 0.125. The van der Waals surface area contributed by atoms with E-state index in [4.69, 9.17) is 4.74 Å². The van der Waals surface area contributed by atoms with Gasteiger partial charge in [0.05, 0.1) is 18.6 Å². The minimum Gasteiger partial charge on any atom is -0.466 e. The Morgan fingerprint density at radius 1 is 1.14 bits per heavy atom. The third-order valence-corrected chi connectivity index (χ3v) is 5.06. The Bertz CT molecular complexity index is 1130. The van der Waals surface area contributed by atoms with Crippen LogP contribution >= 0.6 is 11.8 Å². The topological polar surface area (TPSA) is 166 Å². The summed E-state index contributed by atoms with van der Waals surface area (Å²) in [4.78, 5) is 65.6. The predicted molar refractivity (Wildman–Crippen MR) is 105 cm³/mol. The van der Waals surface area contributed by atoms with E-state index in [1.54, 1.807) is 6.92 Å². The first-order valence-electron chi connectivity index (χ1n) is 9.04. The Morgan fingerprint density at radius 3 is 2.72 bits per heavy atom. The molecule has 0 saturated carbocycles. The van der Waals surface area contributed by atoms with E-state index in [-0.39, 0.29) is 36.0 Å². The first kappa shape index (κ1) is 20.6. The van der Waals surface area contributed by atoms with E-state index in [0.29, 0.717) is 41.3 Å². The zero-order valence-corrected chi connectivity index (χ0v) is 16.5. The summed E-state index contributed by atoms with van der Waals surface area (Å²) in [6, 6.07) is 0. The molecule has 0 aliphatic carbocycles. The summed E-state index contributed by atoms with van der Waals surface area (Å²) >= 11 is 1.20. The van der Waals surface area contributed by atoms with E-state index in [1.165, 1.54) is 18.1 Å². The number of imidazole rings is 2. The van der Waals surface area contributed by atoms with Crippen molar-refractivity contribution in [1.29, 1.82) is 0 Å². The standard InChI is InChI=1S/C17H20N6O5S/c1-2-28-11(25)6-4-3-5-10(24)12-9(20-16(26)21-12)7-29-15-13-14(19-8-18-13)22-17(27)23-15/h8H,2-7H2,1H3,(H2,20,21,26)(H2,18,19,22,23,27). The Labute approximate surface area is 168 Å². The molecule has 0 radical (unpaired) electrons. The number of aromatic nitrogens is 6. The zero-order valence-electron chi connectivity index (χ0n) is 15.7. The van der Waals surface area contributed by atoms with Crippen LogP contribution in [-0.2, 0) is 15.3 Å². The van der Waals surface area contributed by atoms with Crippen LogP contribution in [0, 0.1) is 0 Å². The second-order valence-electron chi connectivity index (χ2n) is 6.13. The number of carbonyl (C=O) groups excluding carboxylic acids is 2. The van der Waals surface area contributed by atoms with Crippen molar-refractivity contribution in [3.05, 3.63) is 38.7 Å². The summed E-state index contributed by atoms with van der Waals surface area (Å²) in [7, 11) is 0. The molecule has 29 heavy (non-hydrogen) atoms. The van der Waals surface area contributed by atoms with Crippen LogP contribution < -0.4 is 11.4 Å². The Morgan fingerprint density at radius 2 is 1.93 bits per heavy atom. The van der Waals surface area contributed by atoms with Gasteiger partial charge in [-0.3, -0.25) is 14.6 Å². The maximum atomic E-state index is 12.5. The molecule has 4 N–H and O–H groups in total. The van der Waals surface area contributed by atoms with Crippen molar-refractivity contribution >= 4 is 34.7 Å². The lowest BCUT2D eigenvalue weighted by atomic mass is 10.1. The predicted octanol–water partition coefficient (Wildman–Crippen LogP) is 1.26. The molecule has 0 saturated heterocycles. The summed E-state index contributed by atoms with van der Waals surface area (Å²) in [6.07, 6.45) is 2.91. The molecule has 0 spiro atoms. The monoisotopic (exact) mass is 420 g/mol. The minimum absolute atomic E-state index is 0.193. The summed E-state index contributed by atoms with van der Waals surface area (Å²) in [5.41, 5.74) is 0.551. The first-order valence-corrected chi connectivity index (χ1v) is 10.0. The smallest absolute Gasteiger partial charge is 0.347 e. The number of nitrogens with zero attached hydrogens (tertiary/aromatic N) is 2. The zero-order chi connectivity index (χ0) is 20.8. The van der Waals surface area contributed by atoms with Gasteiger partial charge in [0, 0.05) is 18.6 Å². The number of fused-ring (bicyclic) bond motifs is 1. The fraction of sp³-hybridized carbons (Fsp3) is 0.412. The lowest BCUT2D eigenvalue weighted by Gasteiger charge is -2.04. The van der Waals surface area contributed by atoms with Gasteiger partial charge in [-0.25, -0.2) is 14.6 Å². The normalized spacial score (nSPS) is 11.1. The Balaban J connectivity index is 1.63. The number of H-pyrrole nitrogens is 4. The molecule has 0 atom stereocenters. The molecule has 11 nitrogen and oxygen atoms in total. The largest absolute Gasteiger partial charge is 0.466 e. The van der Waals surface area contributed by atoms with E-state index in [9.17, 15) is 19.2 Å². The molecule has 0 unspecified atom stereocenters. The number of thioether (sulfide) groups is 1. The molecule has 3 heterocycles. The van der Waals surface area contributed by atoms with Crippen molar-refractivity contribution in [3.8, 4) is 0 Å². The number of ether oxygens (including phenoxy) is 1. The summed E-state index contributed by atoms with van der Waals surface area (Å²) < 4.78 is 4.85. The van der Waals surface area contributed by atoms with Gasteiger partial charge in [-0.15, -0.1) is 0 Å². The van der Waals surface area contributed by atoms with Crippen molar-refractivity contribution in [2.75, 3.05) is 6.61 Å². The number of unbranched alkanes of at least 4 members (excludes halogenated alkanes) is 1. The van der Waals surface area contributed by atoms with Gasteiger partial charge in [-0.1, -0.05) is 11.8 Å². The summed E-state index contributed by atoms with van der Waals surface area (Å²) in [5, 5.41) is 0.413. The number of hydrogen-bond acceptors (Lipinski definition) is 8. The minimum atomic E-state index is -0.535. The molecular formula is C17H20N6O5S. The highest BCUT2D eigenvalue weighted by molar-refractivity contribution is 7.98. The molecule has 3 rings (SSSR count). The maximum Gasteiger partial charge on any atom is 0.347 e. The van der Waals surface area contributed by atoms with E-state index >= 15 is 0 Å². The molecule has 3 aromatic rings. The number of carbonyl (C=O) groups is 2. The van der Waals surface area contributed by atoms with E-state index in [2.05, 4.69) is 29.9 Å². The van der Waals surface area contributed by atoms with E-state index in [1.807, 2.05) is 0 Å². The Hall–Kier alpha value is -3.15. The second-order valence-corrected chi connectivity index (χ2v) is 7.09. The van der Waals surface area contributed by atoms with Crippen LogP contribution in [0.3, 0.4) is 0 Å². The van der Waals surface area contributed by atoms with Crippen molar-refractivity contribution in [2.45, 2.75) is 43.4 Å². The average molecular weight is 420 g/mol. The highest BCUT2D eigenvalue weighted by Crippen LogP contribution is 2.25. The lowest BCUT2D eigenvalue weighted by Crippen LogP contribution is -2.11. The van der Waals surface area contributed by atoms with Crippen molar-refractivity contribution < 1.29 is 14.3 Å². The van der Waals surface area contributed by atoms with Gasteiger partial charge < -0.3 is 19.7 Å². The van der Waals surface area contributed by atoms with Crippen molar-refractivity contribution in [2.24, 2.45) is 0 Å². The number of esters is 1. The van der Waals surface area contributed by atoms with Gasteiger partial charge in [-0.2, -0.15) is 4.98 Å². The summed E-state index contributed by atoms with van der Waals surface area (Å²) in [6.45, 7) is 2.07. The number of Topliss-reactive ketones (excluding diaryl/α,β-unsaturated/α-hetero) is 1. The van der Waals surface area contributed by atoms with Crippen LogP contribution in [0.1, 0.15) is 48.8 Å². The van der Waals surface area contributed by atoms with Gasteiger partial charge in [0.25, 0.3) is 0 Å². The lowest BCUT2D eigenvalue weighted by molar-refractivity contribution is -0.143. The van der Waals surface area contributed by atoms with Crippen LogP contribution in [0.5, 0.6) is 0 Å². The molecule has 3 aromatic heterocycles. The number of hydrogen-bond donors (Lipinski definition) is 4. The highest BCUT2D eigenvalue weighted by Gasteiger charge is 2.17. The number of nitrogens with one attached hydrogen (secondary N) is 4. The third-order valence-electron chi connectivity index (χ3n) is 4.06. The second kappa shape index (κ2) is 9.37. The summed E-state index contributed by atoms with van der Waals surface area (Å²) in [5.74, 6) is -0.288. The van der Waals surface area contributed by atoms with Crippen LogP contribution in [0.4, 0.5) is 0 Å². The average Bonchev–Trinajstić information content (AvgIpc) is 3.29. The molecule has 0 aliphatic rings. The molecule has 0 aromatic carbocycles. The SMILES string of the molecule is CCOC(=O)CCCCC(=O)c1[nH]c(=O)[nH]c1CSc1nc(=O)[nH]c2nc[nH]c12. The highest BCUT2D eigenvalue weighted by atomic mass is 32.2. The fourth-order valence-corrected chi connectivity index (χ4v) is 3.70. The molecule has 12 heteroatoms. The molecule has 0 amide bonds. The molecular weight excluding hydrogens is 400 g/mol. The van der Waals surface area contributed by atoms with Gasteiger partial charge >= 0.3 is 17.3 Å². The third kappa shape index (κ3) is 5.22. The number of ketones is 1.